The monoisotopic (exact) mass is 281 g/mol. The fourth-order valence-corrected chi connectivity index (χ4v) is 1.38. The van der Waals surface area contributed by atoms with Crippen molar-refractivity contribution in [3.8, 4) is 0 Å². The molecule has 2 rings (SSSR count). The third kappa shape index (κ3) is 3.76. The summed E-state index contributed by atoms with van der Waals surface area (Å²) in [6, 6.07) is 12.3. The summed E-state index contributed by atoms with van der Waals surface area (Å²) in [6.07, 6.45) is 0. The summed E-state index contributed by atoms with van der Waals surface area (Å²) in [5.41, 5.74) is 1.08. The Kier molecular flexibility index (Phi) is 8.91. The zero-order valence-electron chi connectivity index (χ0n) is 7.05. The average Bonchev–Trinajstić information content (AvgIpc) is 2.04. The summed E-state index contributed by atoms with van der Waals surface area (Å²) in [6.45, 7) is 0. The molecular formula is C9H6Cl3NTi. The van der Waals surface area contributed by atoms with Gasteiger partial charge in [-0.1, -0.05) is 0 Å². The molecule has 0 radical (unpaired) electrons. The molecular weight excluding hydrogens is 276 g/mol. The molecule has 1 heterocycles. The standard InChI is InChI=1S/C9H6N.3ClH.Ti/c1-2-6-9-8(4-1)5-3-7-10-9;;;;/h1-6H;3*1H;/q;;;;+3/p-3. The van der Waals surface area contributed by atoms with E-state index < -0.39 is 0 Å². The normalized spacial score (nSPS) is 8.14. The van der Waals surface area contributed by atoms with E-state index in [1.165, 1.54) is 5.39 Å². The molecule has 72 valence electrons. The van der Waals surface area contributed by atoms with Crippen LogP contribution in [0, 0.1) is 0 Å². The van der Waals surface area contributed by atoms with Crippen LogP contribution in [-0.4, -0.2) is 4.98 Å². The van der Waals surface area contributed by atoms with Crippen molar-refractivity contribution in [3.63, 3.8) is 0 Å². The molecule has 0 aliphatic rings. The quantitative estimate of drug-likeness (QED) is 0.438. The Labute approximate surface area is 113 Å². The molecule has 1 nitrogen and oxygen atoms in total. The van der Waals surface area contributed by atoms with E-state index in [4.69, 9.17) is 0 Å². The van der Waals surface area contributed by atoms with Gasteiger partial charge in [-0.3, -0.25) is 0 Å². The Hall–Kier alpha value is 0.214. The first-order chi connectivity index (χ1) is 5.36. The summed E-state index contributed by atoms with van der Waals surface area (Å²) in [5, 5.41) is 1.21. The Balaban J connectivity index is 0. The zero-order valence-corrected chi connectivity index (χ0v) is 10.9. The van der Waals surface area contributed by atoms with E-state index in [2.05, 4.69) is 17.1 Å². The van der Waals surface area contributed by atoms with Gasteiger partial charge in [0.15, 0.2) is 0 Å². The van der Waals surface area contributed by atoms with Gasteiger partial charge >= 0.3 is 76.7 Å². The van der Waals surface area contributed by atoms with Crippen molar-refractivity contribution in [2.75, 3.05) is 0 Å². The predicted molar refractivity (Wildman–Crippen MR) is 41.4 cm³/mol. The molecule has 1 aromatic heterocycles. The second kappa shape index (κ2) is 7.50. The van der Waals surface area contributed by atoms with E-state index in [1.54, 1.807) is 0 Å². The van der Waals surface area contributed by atoms with Crippen molar-refractivity contribution < 1.29 is 57.7 Å². The molecule has 0 bridgehead atoms. The molecule has 0 unspecified atom stereocenters. The van der Waals surface area contributed by atoms with Crippen molar-refractivity contribution in [3.05, 3.63) is 36.4 Å². The van der Waals surface area contributed by atoms with Crippen molar-refractivity contribution in [1.82, 2.24) is 4.98 Å². The molecule has 0 aliphatic heterocycles. The minimum atomic E-state index is 0. The van der Waals surface area contributed by atoms with Gasteiger partial charge in [0, 0.05) is 0 Å². The van der Waals surface area contributed by atoms with Gasteiger partial charge < -0.3 is 37.2 Å². The van der Waals surface area contributed by atoms with E-state index in [0.717, 1.165) is 9.52 Å². The van der Waals surface area contributed by atoms with E-state index in [1.807, 2.05) is 44.7 Å². The van der Waals surface area contributed by atoms with Gasteiger partial charge in [-0.05, 0) is 0 Å². The molecule has 0 atom stereocenters. The molecule has 0 aliphatic carbocycles. The topological polar surface area (TPSA) is 12.9 Å². The van der Waals surface area contributed by atoms with E-state index >= 15 is 0 Å². The number of benzene rings is 1. The first-order valence-corrected chi connectivity index (χ1v) is 4.22. The van der Waals surface area contributed by atoms with Gasteiger partial charge in [0.25, 0.3) is 0 Å². The summed E-state index contributed by atoms with van der Waals surface area (Å²) in [7, 11) is 0. The summed E-state index contributed by atoms with van der Waals surface area (Å²) in [4.78, 5) is 4.38. The Morgan fingerprint density at radius 3 is 2.21 bits per heavy atom. The van der Waals surface area contributed by atoms with Gasteiger partial charge in [-0.15, -0.1) is 0 Å². The van der Waals surface area contributed by atoms with Crippen LogP contribution < -0.4 is 41.2 Å². The molecule has 0 saturated carbocycles. The third-order valence-corrected chi connectivity index (χ3v) is 2.03. The molecule has 0 spiro atoms. The molecule has 1 aromatic carbocycles. The first kappa shape index (κ1) is 16.6. The number of hydrogen-bond acceptors (Lipinski definition) is 1. The van der Waals surface area contributed by atoms with Crippen molar-refractivity contribution in [1.29, 1.82) is 0 Å². The number of nitrogens with zero attached hydrogens (tertiary/aromatic N) is 1. The van der Waals surface area contributed by atoms with Crippen LogP contribution in [0.25, 0.3) is 10.9 Å². The van der Waals surface area contributed by atoms with Gasteiger partial charge in [0.05, 0.1) is 0 Å². The fourth-order valence-electron chi connectivity index (χ4n) is 1.07. The number of aromatic nitrogens is 1. The summed E-state index contributed by atoms with van der Waals surface area (Å²) < 4.78 is 1.07. The molecule has 2 aromatic rings. The second-order valence-corrected chi connectivity index (χ2v) is 3.19. The van der Waals surface area contributed by atoms with Crippen LogP contribution >= 0.6 is 0 Å². The van der Waals surface area contributed by atoms with E-state index in [0.29, 0.717) is 0 Å². The summed E-state index contributed by atoms with van der Waals surface area (Å²) >= 11 is 2.01. The third-order valence-electron chi connectivity index (χ3n) is 1.60. The van der Waals surface area contributed by atoms with Crippen molar-refractivity contribution in [2.24, 2.45) is 0 Å². The van der Waals surface area contributed by atoms with Crippen LogP contribution in [0.5, 0.6) is 0 Å². The van der Waals surface area contributed by atoms with Gasteiger partial charge in [-0.2, -0.15) is 0 Å². The number of pyridine rings is 1. The van der Waals surface area contributed by atoms with Crippen LogP contribution in [-0.2, 0) is 20.4 Å². The van der Waals surface area contributed by atoms with Crippen LogP contribution in [0.1, 0.15) is 0 Å². The zero-order chi connectivity index (χ0) is 7.68. The van der Waals surface area contributed by atoms with Gasteiger partial charge in [-0.25, -0.2) is 0 Å². The maximum absolute atomic E-state index is 4.38. The van der Waals surface area contributed by atoms with Crippen molar-refractivity contribution >= 4 is 14.9 Å². The molecule has 0 N–H and O–H groups in total. The average molecular weight is 282 g/mol. The van der Waals surface area contributed by atoms with Gasteiger partial charge in [0.2, 0.25) is 0 Å². The first-order valence-electron chi connectivity index (χ1n) is 3.44. The molecule has 0 saturated heterocycles. The van der Waals surface area contributed by atoms with E-state index in [-0.39, 0.29) is 37.2 Å². The number of halogens is 3. The molecule has 0 fully saturated rings. The minimum absolute atomic E-state index is 0. The number of rotatable bonds is 0. The summed E-state index contributed by atoms with van der Waals surface area (Å²) in [5.74, 6) is 0. The molecule has 0 amide bonds. The predicted octanol–water partition coefficient (Wildman–Crippen LogP) is -7.58. The van der Waals surface area contributed by atoms with Crippen LogP contribution in [0.3, 0.4) is 0 Å². The Bertz CT molecular complexity index is 394. The Morgan fingerprint density at radius 2 is 1.50 bits per heavy atom. The van der Waals surface area contributed by atoms with Crippen molar-refractivity contribution in [2.45, 2.75) is 0 Å². The fraction of sp³-hybridized carbons (Fsp3) is 0. The van der Waals surface area contributed by atoms with Crippen LogP contribution in [0.15, 0.2) is 36.4 Å². The van der Waals surface area contributed by atoms with Gasteiger partial charge in [0.1, 0.15) is 0 Å². The number of fused-ring (bicyclic) bond motifs is 1. The Morgan fingerprint density at radius 1 is 0.857 bits per heavy atom. The number of hydrogen-bond donors (Lipinski definition) is 0. The van der Waals surface area contributed by atoms with E-state index in [9.17, 15) is 0 Å². The number of para-hydroxylation sites is 1. The second-order valence-electron chi connectivity index (χ2n) is 2.39. The van der Waals surface area contributed by atoms with Crippen LogP contribution in [0.2, 0.25) is 0 Å². The maximum atomic E-state index is 4.38. The molecule has 5 heteroatoms. The molecule has 14 heavy (non-hydrogen) atoms. The SMILES string of the molecule is [Cl-].[Cl-].[Cl-].[Ti+3][c]1ccc2ccccc2n1. The van der Waals surface area contributed by atoms with Crippen LogP contribution in [0.4, 0.5) is 0 Å².